The lowest BCUT2D eigenvalue weighted by Gasteiger charge is -2.30. The van der Waals surface area contributed by atoms with Crippen molar-refractivity contribution in [3.05, 3.63) is 64.1 Å². The van der Waals surface area contributed by atoms with Gasteiger partial charge in [-0.1, -0.05) is 60.1 Å². The molecule has 0 saturated heterocycles. The monoisotopic (exact) mass is 348 g/mol. The third kappa shape index (κ3) is 3.47. The summed E-state index contributed by atoms with van der Waals surface area (Å²) in [5.74, 6) is 0.753. The van der Waals surface area contributed by atoms with Crippen LogP contribution in [-0.2, 0) is 5.60 Å². The van der Waals surface area contributed by atoms with Gasteiger partial charge in [0.15, 0.2) is 0 Å². The Balaban J connectivity index is 2.50. The fourth-order valence-electron chi connectivity index (χ4n) is 2.44. The van der Waals surface area contributed by atoms with Gasteiger partial charge in [-0.15, -0.1) is 0 Å². The van der Waals surface area contributed by atoms with Gasteiger partial charge in [0.1, 0.15) is 11.4 Å². The number of halogens is 1. The lowest BCUT2D eigenvalue weighted by Crippen LogP contribution is -2.27. The first-order chi connectivity index (χ1) is 10.1. The molecule has 21 heavy (non-hydrogen) atoms. The molecule has 0 aliphatic carbocycles. The zero-order valence-electron chi connectivity index (χ0n) is 12.5. The summed E-state index contributed by atoms with van der Waals surface area (Å²) in [4.78, 5) is 0. The van der Waals surface area contributed by atoms with E-state index < -0.39 is 5.60 Å². The maximum Gasteiger partial charge on any atom is 0.125 e. The smallest absolute Gasteiger partial charge is 0.125 e. The van der Waals surface area contributed by atoms with Crippen molar-refractivity contribution in [2.45, 2.75) is 32.3 Å². The van der Waals surface area contributed by atoms with E-state index in [4.69, 9.17) is 4.74 Å². The van der Waals surface area contributed by atoms with Crippen LogP contribution in [0.2, 0.25) is 0 Å². The molecule has 1 unspecified atom stereocenters. The summed E-state index contributed by atoms with van der Waals surface area (Å²) < 4.78 is 6.77. The third-order valence-corrected chi connectivity index (χ3v) is 4.10. The average molecular weight is 349 g/mol. The second-order valence-corrected chi connectivity index (χ2v) is 5.98. The molecule has 2 aromatic carbocycles. The van der Waals surface area contributed by atoms with Crippen molar-refractivity contribution in [1.29, 1.82) is 0 Å². The molecule has 0 aliphatic heterocycles. The molecule has 1 atom stereocenters. The van der Waals surface area contributed by atoms with Crippen molar-refractivity contribution in [3.63, 3.8) is 0 Å². The Kier molecular flexibility index (Phi) is 5.43. The molecule has 1 N–H and O–H groups in total. The standard InChI is InChI=1S/C18H21BrO2/c1-3-12-21-17-11-6-5-10-16(17)18(20,4-2)14-8-7-9-15(19)13-14/h5-11,13,20H,3-4,12H2,1-2H3. The molecule has 0 aromatic heterocycles. The van der Waals surface area contributed by atoms with Crippen molar-refractivity contribution < 1.29 is 9.84 Å². The summed E-state index contributed by atoms with van der Waals surface area (Å²) in [6, 6.07) is 15.5. The zero-order valence-corrected chi connectivity index (χ0v) is 14.1. The molecule has 0 saturated carbocycles. The highest BCUT2D eigenvalue weighted by Crippen LogP contribution is 2.38. The maximum atomic E-state index is 11.3. The predicted molar refractivity (Wildman–Crippen MR) is 89.7 cm³/mol. The summed E-state index contributed by atoms with van der Waals surface area (Å²) in [6.45, 7) is 4.70. The van der Waals surface area contributed by atoms with Crippen LogP contribution in [0.3, 0.4) is 0 Å². The first-order valence-corrected chi connectivity index (χ1v) is 8.11. The van der Waals surface area contributed by atoms with Crippen molar-refractivity contribution >= 4 is 15.9 Å². The topological polar surface area (TPSA) is 29.5 Å². The van der Waals surface area contributed by atoms with Gasteiger partial charge >= 0.3 is 0 Å². The van der Waals surface area contributed by atoms with Gasteiger partial charge in [-0.2, -0.15) is 0 Å². The second kappa shape index (κ2) is 7.10. The van der Waals surface area contributed by atoms with Crippen molar-refractivity contribution in [2.75, 3.05) is 6.61 Å². The number of para-hydroxylation sites is 1. The van der Waals surface area contributed by atoms with Crippen LogP contribution >= 0.6 is 15.9 Å². The van der Waals surface area contributed by atoms with E-state index in [0.29, 0.717) is 13.0 Å². The number of hydrogen-bond acceptors (Lipinski definition) is 2. The summed E-state index contributed by atoms with van der Waals surface area (Å²) in [5, 5.41) is 11.3. The molecule has 2 aromatic rings. The molecular weight excluding hydrogens is 328 g/mol. The van der Waals surface area contributed by atoms with Crippen LogP contribution in [0.25, 0.3) is 0 Å². The van der Waals surface area contributed by atoms with Gasteiger partial charge < -0.3 is 9.84 Å². The fraction of sp³-hybridized carbons (Fsp3) is 0.333. The minimum atomic E-state index is -1.05. The molecule has 0 amide bonds. The molecule has 0 bridgehead atoms. The third-order valence-electron chi connectivity index (χ3n) is 3.61. The lowest BCUT2D eigenvalue weighted by molar-refractivity contribution is 0.0727. The summed E-state index contributed by atoms with van der Waals surface area (Å²) >= 11 is 3.47. The van der Waals surface area contributed by atoms with Crippen molar-refractivity contribution in [3.8, 4) is 5.75 Å². The first kappa shape index (κ1) is 16.1. The highest BCUT2D eigenvalue weighted by Gasteiger charge is 2.32. The van der Waals surface area contributed by atoms with Crippen molar-refractivity contribution in [1.82, 2.24) is 0 Å². The highest BCUT2D eigenvalue weighted by atomic mass is 79.9. The van der Waals surface area contributed by atoms with E-state index in [1.807, 2.05) is 55.5 Å². The van der Waals surface area contributed by atoms with Crippen LogP contribution in [0.15, 0.2) is 53.0 Å². The van der Waals surface area contributed by atoms with E-state index in [0.717, 1.165) is 27.8 Å². The molecule has 0 aliphatic rings. The van der Waals surface area contributed by atoms with Gasteiger partial charge in [0.2, 0.25) is 0 Å². The van der Waals surface area contributed by atoms with Crippen LogP contribution in [-0.4, -0.2) is 11.7 Å². The van der Waals surface area contributed by atoms with Crippen LogP contribution in [0, 0.1) is 0 Å². The van der Waals surface area contributed by atoms with Gasteiger partial charge in [-0.25, -0.2) is 0 Å². The van der Waals surface area contributed by atoms with Crippen LogP contribution in [0.1, 0.15) is 37.8 Å². The van der Waals surface area contributed by atoms with E-state index in [-0.39, 0.29) is 0 Å². The van der Waals surface area contributed by atoms with Gasteiger partial charge in [0.05, 0.1) is 6.61 Å². The molecule has 112 valence electrons. The number of benzene rings is 2. The van der Waals surface area contributed by atoms with Gasteiger partial charge in [0, 0.05) is 10.0 Å². The number of hydrogen-bond donors (Lipinski definition) is 1. The van der Waals surface area contributed by atoms with Gasteiger partial charge in [-0.3, -0.25) is 0 Å². The molecule has 0 spiro atoms. The van der Waals surface area contributed by atoms with E-state index in [9.17, 15) is 5.11 Å². The fourth-order valence-corrected chi connectivity index (χ4v) is 2.84. The Morgan fingerprint density at radius 2 is 1.86 bits per heavy atom. The van der Waals surface area contributed by atoms with Crippen LogP contribution in [0.5, 0.6) is 5.75 Å². The number of aliphatic hydroxyl groups is 1. The average Bonchev–Trinajstić information content (AvgIpc) is 2.52. The predicted octanol–water partition coefficient (Wildman–Crippen LogP) is 4.88. The molecule has 2 rings (SSSR count). The van der Waals surface area contributed by atoms with E-state index in [1.165, 1.54) is 0 Å². The van der Waals surface area contributed by atoms with E-state index in [1.54, 1.807) is 0 Å². The normalized spacial score (nSPS) is 13.7. The molecule has 0 fully saturated rings. The Hall–Kier alpha value is -1.32. The zero-order chi connectivity index (χ0) is 15.3. The van der Waals surface area contributed by atoms with E-state index in [2.05, 4.69) is 22.9 Å². The summed E-state index contributed by atoms with van der Waals surface area (Å²) in [5.41, 5.74) is 0.639. The lowest BCUT2D eigenvalue weighted by atomic mass is 9.83. The maximum absolute atomic E-state index is 11.3. The summed E-state index contributed by atoms with van der Waals surface area (Å²) in [7, 11) is 0. The molecule has 3 heteroatoms. The molecular formula is C18H21BrO2. The Bertz CT molecular complexity index is 597. The largest absolute Gasteiger partial charge is 0.493 e. The summed E-state index contributed by atoms with van der Waals surface area (Å²) in [6.07, 6.45) is 1.52. The first-order valence-electron chi connectivity index (χ1n) is 7.32. The van der Waals surface area contributed by atoms with Gasteiger partial charge in [0.25, 0.3) is 0 Å². The molecule has 2 nitrogen and oxygen atoms in total. The highest BCUT2D eigenvalue weighted by molar-refractivity contribution is 9.10. The van der Waals surface area contributed by atoms with Gasteiger partial charge in [-0.05, 0) is 36.6 Å². The van der Waals surface area contributed by atoms with E-state index >= 15 is 0 Å². The van der Waals surface area contributed by atoms with Crippen molar-refractivity contribution in [2.24, 2.45) is 0 Å². The Labute approximate surface area is 134 Å². The number of ether oxygens (including phenoxy) is 1. The quantitative estimate of drug-likeness (QED) is 0.805. The Morgan fingerprint density at radius 1 is 1.10 bits per heavy atom. The molecule has 0 heterocycles. The Morgan fingerprint density at radius 3 is 2.52 bits per heavy atom. The minimum Gasteiger partial charge on any atom is -0.493 e. The molecule has 0 radical (unpaired) electrons. The van der Waals surface area contributed by atoms with Crippen LogP contribution in [0.4, 0.5) is 0 Å². The minimum absolute atomic E-state index is 0.579. The number of rotatable bonds is 6. The van der Waals surface area contributed by atoms with Crippen LogP contribution < -0.4 is 4.74 Å². The second-order valence-electron chi connectivity index (χ2n) is 5.07. The SMILES string of the molecule is CCCOc1ccccc1C(O)(CC)c1cccc(Br)c1.